The molecular weight excluding hydrogens is 829 g/mol. The maximum atomic E-state index is 8.32. The normalized spacial score (nSPS) is 36.8. The monoisotopic (exact) mass is 878 g/mol. The van der Waals surface area contributed by atoms with Gasteiger partial charge >= 0.3 is 8.88 Å². The van der Waals surface area contributed by atoms with Crippen LogP contribution in [0.2, 0.25) is 0 Å². The molecule has 1 unspecified atom stereocenters. The quantitative estimate of drug-likeness (QED) is 0.191. The summed E-state index contributed by atoms with van der Waals surface area (Å²) in [6.45, 7) is 1.17. The third kappa shape index (κ3) is 5.14. The zero-order valence-electron chi connectivity index (χ0n) is 36.4. The Bertz CT molecular complexity index is 2930. The Balaban J connectivity index is 1.02. The molecule has 326 valence electrons. The minimum atomic E-state index is -4.23. The van der Waals surface area contributed by atoms with E-state index in [9.17, 15) is 0 Å². The Labute approximate surface area is 377 Å². The summed E-state index contributed by atoms with van der Waals surface area (Å²) in [7, 11) is -4.23. The summed E-state index contributed by atoms with van der Waals surface area (Å²) in [4.78, 5) is 47.9. The summed E-state index contributed by atoms with van der Waals surface area (Å²) >= 11 is 0. The fourth-order valence-corrected chi connectivity index (χ4v) is 19.8. The van der Waals surface area contributed by atoms with Crippen LogP contribution in [-0.2, 0) is 8.85 Å². The SMILES string of the molecule is C1=NC2=C(CC1)C1=Nc3c4ncccc4c4n3[Si](OCC35CC6CC(CC(C6)C3)C5)(OCC35CC6CC(CC(C6)C3)C5)N3C(=NC2=N1)c1cccnc1C3NC1=NC(=N4)c2ncccc21. The van der Waals surface area contributed by atoms with Crippen molar-refractivity contribution in [3.63, 3.8) is 0 Å². The number of nitrogens with zero attached hydrogens (tertiary/aromatic N) is 11. The van der Waals surface area contributed by atoms with E-state index in [1.54, 1.807) is 0 Å². The first-order valence-electron chi connectivity index (χ1n) is 24.4. The van der Waals surface area contributed by atoms with Crippen LogP contribution in [0.15, 0.2) is 96.2 Å². The van der Waals surface area contributed by atoms with Crippen LogP contribution >= 0.6 is 0 Å². The molecule has 0 radical (unpaired) electrons. The summed E-state index contributed by atoms with van der Waals surface area (Å²) in [5.41, 5.74) is 5.93. The molecule has 1 N–H and O–H groups in total. The molecule has 8 aliphatic carbocycles. The van der Waals surface area contributed by atoms with E-state index in [1.165, 1.54) is 77.0 Å². The van der Waals surface area contributed by atoms with Crippen LogP contribution < -0.4 is 5.32 Å². The van der Waals surface area contributed by atoms with Crippen molar-refractivity contribution in [3.05, 3.63) is 88.8 Å². The third-order valence-electron chi connectivity index (χ3n) is 17.7. The molecule has 0 amide bonds. The molecule has 8 fully saturated rings. The van der Waals surface area contributed by atoms with Gasteiger partial charge in [0.1, 0.15) is 40.6 Å². The minimum Gasteiger partial charge on any atom is -0.361 e. The van der Waals surface area contributed by atoms with Crippen molar-refractivity contribution in [1.82, 2.24) is 29.1 Å². The van der Waals surface area contributed by atoms with Gasteiger partial charge in [-0.1, -0.05) is 0 Å². The van der Waals surface area contributed by atoms with Crippen molar-refractivity contribution in [2.75, 3.05) is 13.2 Å². The van der Waals surface area contributed by atoms with Crippen molar-refractivity contribution in [2.24, 2.45) is 76.3 Å². The summed E-state index contributed by atoms with van der Waals surface area (Å²) < 4.78 is 21.3. The number of amidine groups is 5. The number of fused-ring (bicyclic) bond motifs is 13. The number of nitrogens with one attached hydrogen (secondary N) is 1. The zero-order valence-corrected chi connectivity index (χ0v) is 37.4. The third-order valence-corrected chi connectivity index (χ3v) is 20.8. The van der Waals surface area contributed by atoms with Gasteiger partial charge in [0.25, 0.3) is 0 Å². The average Bonchev–Trinajstić information content (AvgIpc) is 4.02. The molecule has 18 rings (SSSR count). The molecule has 65 heavy (non-hydrogen) atoms. The van der Waals surface area contributed by atoms with E-state index in [0.29, 0.717) is 59.7 Å². The second kappa shape index (κ2) is 12.9. The van der Waals surface area contributed by atoms with Crippen molar-refractivity contribution in [3.8, 4) is 0 Å². The topological polar surface area (TPSA) is 151 Å². The highest BCUT2D eigenvalue weighted by Gasteiger charge is 2.65. The molecule has 4 aromatic heterocycles. The van der Waals surface area contributed by atoms with Crippen molar-refractivity contribution in [1.29, 1.82) is 0 Å². The van der Waals surface area contributed by atoms with Crippen LogP contribution in [-0.4, -0.2) is 81.2 Å². The maximum Gasteiger partial charge on any atom is 0.599 e. The number of pyridine rings is 3. The fourth-order valence-electron chi connectivity index (χ4n) is 16.1. The fraction of sp³-hybridized carbons (Fsp3) is 0.500. The number of rotatable bonds is 6. The molecule has 0 aromatic carbocycles. The molecular formula is C50H50N12O2Si. The second-order valence-corrected chi connectivity index (χ2v) is 24.6. The van der Waals surface area contributed by atoms with Gasteiger partial charge in [-0.2, -0.15) is 0 Å². The summed E-state index contributed by atoms with van der Waals surface area (Å²) in [5.74, 6) is 8.90. The first-order valence-corrected chi connectivity index (χ1v) is 26.1. The molecule has 8 saturated carbocycles. The van der Waals surface area contributed by atoms with Crippen LogP contribution in [0, 0.1) is 46.3 Å². The summed E-state index contributed by atoms with van der Waals surface area (Å²) in [6, 6.07) is 12.3. The van der Waals surface area contributed by atoms with E-state index in [2.05, 4.69) is 32.3 Å². The van der Waals surface area contributed by atoms with E-state index in [-0.39, 0.29) is 10.8 Å². The van der Waals surface area contributed by atoms with E-state index in [4.69, 9.17) is 53.8 Å². The van der Waals surface area contributed by atoms with Crippen LogP contribution in [0.5, 0.6) is 0 Å². The van der Waals surface area contributed by atoms with Gasteiger partial charge in [-0.25, -0.2) is 25.0 Å². The lowest BCUT2D eigenvalue weighted by Gasteiger charge is -2.58. The van der Waals surface area contributed by atoms with E-state index >= 15 is 0 Å². The molecule has 15 heteroatoms. The average molecular weight is 879 g/mol. The van der Waals surface area contributed by atoms with Crippen molar-refractivity contribution >= 4 is 66.8 Å². The first-order chi connectivity index (χ1) is 32.0. The zero-order chi connectivity index (χ0) is 42.2. The molecule has 14 bridgehead atoms. The molecule has 10 heterocycles. The first kappa shape index (κ1) is 36.7. The number of aliphatic imine (C=N–C) groups is 6. The molecule has 1 atom stereocenters. The van der Waals surface area contributed by atoms with E-state index < -0.39 is 15.0 Å². The predicted octanol–water partition coefficient (Wildman–Crippen LogP) is 8.35. The molecule has 14 nitrogen and oxygen atoms in total. The highest BCUT2D eigenvalue weighted by atomic mass is 28.4. The lowest BCUT2D eigenvalue weighted by molar-refractivity contribution is -0.1000. The van der Waals surface area contributed by atoms with Crippen molar-refractivity contribution < 1.29 is 8.85 Å². The summed E-state index contributed by atoms with van der Waals surface area (Å²) in [5, 5.41) is 4.83. The number of aromatic nitrogens is 4. The molecule has 4 aromatic rings. The molecule has 14 aliphatic rings. The number of hydrogen-bond acceptors (Lipinski definition) is 13. The molecule has 0 spiro atoms. The lowest BCUT2D eigenvalue weighted by atomic mass is 9.50. The van der Waals surface area contributed by atoms with Gasteiger partial charge in [-0.15, -0.1) is 0 Å². The smallest absolute Gasteiger partial charge is 0.361 e. The lowest BCUT2D eigenvalue weighted by Crippen LogP contribution is -2.69. The molecule has 6 aliphatic heterocycles. The van der Waals surface area contributed by atoms with Gasteiger partial charge in [0.15, 0.2) is 23.3 Å². The van der Waals surface area contributed by atoms with Gasteiger partial charge in [0.2, 0.25) is 0 Å². The highest BCUT2D eigenvalue weighted by molar-refractivity contribution is 6.68. The maximum absolute atomic E-state index is 8.32. The number of hydrogen-bond donors (Lipinski definition) is 1. The predicted molar refractivity (Wildman–Crippen MR) is 249 cm³/mol. The summed E-state index contributed by atoms with van der Waals surface area (Å²) in [6.07, 6.45) is 23.9. The Hall–Kier alpha value is -5.51. The minimum absolute atomic E-state index is 0.0565. The Kier molecular flexibility index (Phi) is 7.27. The Morgan fingerprint density at radius 1 is 0.646 bits per heavy atom. The van der Waals surface area contributed by atoms with Crippen LogP contribution in [0.1, 0.15) is 119 Å². The Morgan fingerprint density at radius 2 is 1.28 bits per heavy atom. The second-order valence-electron chi connectivity index (χ2n) is 22.0. The van der Waals surface area contributed by atoms with E-state index in [1.807, 2.05) is 43.0 Å². The standard InChI is InChI=1S/C50H50N12O2Si/c1-5-33-37(51-9-1)43-55-41(33)57-47-39-35(7-3-11-53-39)46-60-44-38-34(6-2-10-52-38)42(56-44)58-48-40-36(8-4-12-54-40)45(59-43)62(48)65(61(46)47,63-25-49-19-27-13-28(20-49)15-29(14-27)21-49)64-26-50-22-30-16-31(23-50)18-32(17-30)24-50/h1,3-5,7-12,27-32,47H,2,6,13-26H2,(H,55,57,59). The van der Waals surface area contributed by atoms with Gasteiger partial charge in [0.05, 0.1) is 5.69 Å². The Morgan fingerprint density at radius 3 is 1.98 bits per heavy atom. The van der Waals surface area contributed by atoms with E-state index in [0.717, 1.165) is 87.3 Å². The largest absolute Gasteiger partial charge is 0.599 e. The van der Waals surface area contributed by atoms with Crippen LogP contribution in [0.4, 0.5) is 11.6 Å². The van der Waals surface area contributed by atoms with Crippen LogP contribution in [0.3, 0.4) is 0 Å². The highest BCUT2D eigenvalue weighted by Crippen LogP contribution is 2.62. The van der Waals surface area contributed by atoms with Gasteiger partial charge in [-0.3, -0.25) is 28.7 Å². The molecule has 0 saturated heterocycles. The van der Waals surface area contributed by atoms with Crippen LogP contribution in [0.25, 0.3) is 10.9 Å². The van der Waals surface area contributed by atoms with Crippen molar-refractivity contribution in [2.45, 2.75) is 96.1 Å². The van der Waals surface area contributed by atoms with Gasteiger partial charge in [-0.05, 0) is 173 Å². The van der Waals surface area contributed by atoms with Gasteiger partial charge in [0, 0.05) is 60.1 Å². The van der Waals surface area contributed by atoms with Gasteiger partial charge < -0.3 is 14.2 Å².